The fraction of sp³-hybridized carbons (Fsp3) is 0.355. The number of furan rings is 1. The van der Waals surface area contributed by atoms with E-state index in [1.807, 2.05) is 42.5 Å². The van der Waals surface area contributed by atoms with Crippen LogP contribution in [0.3, 0.4) is 0 Å². The lowest BCUT2D eigenvalue weighted by atomic mass is 9.79. The normalized spacial score (nSPS) is 20.6. The highest BCUT2D eigenvalue weighted by Crippen LogP contribution is 2.46. The summed E-state index contributed by atoms with van der Waals surface area (Å²) in [6.07, 6.45) is 4.60. The molecule has 3 aromatic rings. The number of thioether (sulfide) groups is 1. The highest BCUT2D eigenvalue weighted by Gasteiger charge is 2.37. The van der Waals surface area contributed by atoms with Gasteiger partial charge in [0.1, 0.15) is 17.3 Å². The van der Waals surface area contributed by atoms with Gasteiger partial charge in [0, 0.05) is 29.4 Å². The summed E-state index contributed by atoms with van der Waals surface area (Å²) in [7, 11) is 3.31. The third-order valence-corrected chi connectivity index (χ3v) is 8.43. The molecule has 0 aliphatic carbocycles. The molecule has 5 rings (SSSR count). The molecule has 0 bridgehead atoms. The first-order valence-electron chi connectivity index (χ1n) is 13.2. The number of amidine groups is 1. The quantitative estimate of drug-likeness (QED) is 0.292. The van der Waals surface area contributed by atoms with Crippen molar-refractivity contribution in [3.8, 4) is 11.5 Å². The summed E-state index contributed by atoms with van der Waals surface area (Å²) in [6, 6.07) is 15.5. The number of ether oxygens (including phenoxy) is 2. The van der Waals surface area contributed by atoms with Crippen LogP contribution in [0.2, 0.25) is 0 Å². The maximum absolute atomic E-state index is 13.7. The van der Waals surface area contributed by atoms with Crippen molar-refractivity contribution < 1.29 is 18.7 Å². The van der Waals surface area contributed by atoms with Gasteiger partial charge >= 0.3 is 0 Å². The fourth-order valence-corrected chi connectivity index (χ4v) is 6.60. The fourth-order valence-electron chi connectivity index (χ4n) is 5.61. The second-order valence-electron chi connectivity index (χ2n) is 10.5. The van der Waals surface area contributed by atoms with Crippen LogP contribution in [0.15, 0.2) is 69.1 Å². The van der Waals surface area contributed by atoms with Gasteiger partial charge in [-0.25, -0.2) is 4.99 Å². The lowest BCUT2D eigenvalue weighted by molar-refractivity contribution is -0.122. The highest BCUT2D eigenvalue weighted by molar-refractivity contribution is 8.18. The number of methoxy groups -OCH3 is 2. The van der Waals surface area contributed by atoms with Gasteiger partial charge in [-0.15, -0.1) is 0 Å². The molecule has 0 saturated carbocycles. The topological polar surface area (TPSA) is 67.5 Å². The Morgan fingerprint density at radius 2 is 1.92 bits per heavy atom. The summed E-state index contributed by atoms with van der Waals surface area (Å²) < 4.78 is 16.7. The Morgan fingerprint density at radius 3 is 2.56 bits per heavy atom. The average molecular weight is 546 g/mol. The third kappa shape index (κ3) is 5.30. The molecular weight excluding hydrogens is 510 g/mol. The highest BCUT2D eigenvalue weighted by atomic mass is 32.2. The molecule has 2 aromatic carbocycles. The maximum Gasteiger partial charge on any atom is 0.267 e. The zero-order chi connectivity index (χ0) is 27.7. The van der Waals surface area contributed by atoms with Crippen molar-refractivity contribution in [2.45, 2.75) is 52.1 Å². The molecule has 204 valence electrons. The van der Waals surface area contributed by atoms with Crippen molar-refractivity contribution in [1.29, 1.82) is 0 Å². The van der Waals surface area contributed by atoms with Crippen LogP contribution in [0.25, 0.3) is 6.08 Å². The lowest BCUT2D eigenvalue weighted by Gasteiger charge is -2.47. The summed E-state index contributed by atoms with van der Waals surface area (Å²) in [5.41, 5.74) is 4.16. The monoisotopic (exact) mass is 545 g/mol. The van der Waals surface area contributed by atoms with Crippen LogP contribution in [0, 0.1) is 0 Å². The molecule has 2 aliphatic rings. The zero-order valence-corrected chi connectivity index (χ0v) is 24.2. The molecule has 0 spiro atoms. The molecule has 7 nitrogen and oxygen atoms in total. The summed E-state index contributed by atoms with van der Waals surface area (Å²) in [5, 5.41) is 0.594. The smallest absolute Gasteiger partial charge is 0.267 e. The first kappa shape index (κ1) is 26.9. The molecule has 8 heteroatoms. The molecule has 0 N–H and O–H groups in total. The summed E-state index contributed by atoms with van der Waals surface area (Å²) in [5.74, 6) is 2.45. The van der Waals surface area contributed by atoms with E-state index in [9.17, 15) is 4.79 Å². The largest absolute Gasteiger partial charge is 0.497 e. The SMILES string of the molecule is CCN1c2cc(OC)c(/C=C3/SC(=Nc4ccc(OC)cc4)N(Cc4ccco4)C3=O)cc2C(C)CC1(C)C. The Hall–Kier alpha value is -3.65. The molecule has 3 heterocycles. The van der Waals surface area contributed by atoms with E-state index in [1.54, 1.807) is 25.4 Å². The Labute approximate surface area is 234 Å². The summed E-state index contributed by atoms with van der Waals surface area (Å²) >= 11 is 1.36. The number of hydrogen-bond acceptors (Lipinski definition) is 7. The number of anilines is 1. The number of amides is 1. The van der Waals surface area contributed by atoms with Crippen molar-refractivity contribution in [3.05, 3.63) is 76.6 Å². The maximum atomic E-state index is 13.7. The van der Waals surface area contributed by atoms with Crippen LogP contribution in [0.1, 0.15) is 56.9 Å². The molecule has 0 radical (unpaired) electrons. The zero-order valence-electron chi connectivity index (χ0n) is 23.4. The molecule has 1 fully saturated rings. The van der Waals surface area contributed by atoms with Crippen molar-refractivity contribution >= 4 is 40.3 Å². The molecule has 1 saturated heterocycles. The lowest BCUT2D eigenvalue weighted by Crippen LogP contribution is -2.48. The number of aliphatic imine (C=N–C) groups is 1. The number of rotatable bonds is 7. The first-order chi connectivity index (χ1) is 18.7. The molecule has 39 heavy (non-hydrogen) atoms. The van der Waals surface area contributed by atoms with E-state index in [2.05, 4.69) is 44.7 Å². The van der Waals surface area contributed by atoms with E-state index in [-0.39, 0.29) is 11.4 Å². The van der Waals surface area contributed by atoms with Gasteiger partial charge in [0.2, 0.25) is 0 Å². The molecule has 1 atom stereocenters. The number of carbonyl (C=O) groups is 1. The van der Waals surface area contributed by atoms with Crippen molar-refractivity contribution in [2.75, 3.05) is 25.7 Å². The minimum absolute atomic E-state index is 0.0581. The molecule has 1 amide bonds. The second-order valence-corrected chi connectivity index (χ2v) is 11.5. The van der Waals surface area contributed by atoms with Crippen LogP contribution in [0.4, 0.5) is 11.4 Å². The van der Waals surface area contributed by atoms with Gasteiger partial charge in [0.25, 0.3) is 5.91 Å². The number of benzene rings is 2. The van der Waals surface area contributed by atoms with Crippen LogP contribution in [0.5, 0.6) is 11.5 Å². The van der Waals surface area contributed by atoms with Gasteiger partial charge in [0.15, 0.2) is 5.17 Å². The predicted octanol–water partition coefficient (Wildman–Crippen LogP) is 7.21. The Kier molecular flexibility index (Phi) is 7.49. The molecule has 2 aliphatic heterocycles. The van der Waals surface area contributed by atoms with Crippen LogP contribution in [-0.4, -0.2) is 42.3 Å². The number of hydrogen-bond donors (Lipinski definition) is 0. The second kappa shape index (κ2) is 10.8. The van der Waals surface area contributed by atoms with E-state index in [0.29, 0.717) is 28.3 Å². The van der Waals surface area contributed by atoms with E-state index in [4.69, 9.17) is 18.9 Å². The van der Waals surface area contributed by atoms with E-state index >= 15 is 0 Å². The van der Waals surface area contributed by atoms with Crippen LogP contribution in [-0.2, 0) is 11.3 Å². The van der Waals surface area contributed by atoms with Gasteiger partial charge in [-0.05, 0) is 99.0 Å². The van der Waals surface area contributed by atoms with Gasteiger partial charge in [-0.3, -0.25) is 9.69 Å². The van der Waals surface area contributed by atoms with Gasteiger partial charge in [0.05, 0.1) is 37.6 Å². The van der Waals surface area contributed by atoms with Crippen LogP contribution < -0.4 is 14.4 Å². The van der Waals surface area contributed by atoms with E-state index in [0.717, 1.165) is 35.7 Å². The van der Waals surface area contributed by atoms with Crippen molar-refractivity contribution in [2.24, 2.45) is 4.99 Å². The van der Waals surface area contributed by atoms with Gasteiger partial charge < -0.3 is 18.8 Å². The van der Waals surface area contributed by atoms with Crippen molar-refractivity contribution in [3.63, 3.8) is 0 Å². The van der Waals surface area contributed by atoms with Crippen molar-refractivity contribution in [1.82, 2.24) is 4.90 Å². The summed E-state index contributed by atoms with van der Waals surface area (Å²) in [4.78, 5) is 23.2. The van der Waals surface area contributed by atoms with E-state index < -0.39 is 0 Å². The molecule has 1 unspecified atom stereocenters. The first-order valence-corrected chi connectivity index (χ1v) is 14.0. The summed E-state index contributed by atoms with van der Waals surface area (Å²) in [6.45, 7) is 10.3. The number of nitrogens with zero attached hydrogens (tertiary/aromatic N) is 3. The Balaban J connectivity index is 1.55. The molecular formula is C31H35N3O4S. The van der Waals surface area contributed by atoms with E-state index in [1.165, 1.54) is 23.0 Å². The number of carbonyl (C=O) groups excluding carboxylic acids is 1. The predicted molar refractivity (Wildman–Crippen MR) is 158 cm³/mol. The van der Waals surface area contributed by atoms with Crippen LogP contribution >= 0.6 is 11.8 Å². The average Bonchev–Trinajstić information content (AvgIpc) is 3.53. The Morgan fingerprint density at radius 1 is 1.15 bits per heavy atom. The minimum Gasteiger partial charge on any atom is -0.497 e. The van der Waals surface area contributed by atoms with Gasteiger partial charge in [-0.1, -0.05) is 6.92 Å². The molecule has 1 aromatic heterocycles. The number of fused-ring (bicyclic) bond motifs is 1. The Bertz CT molecular complexity index is 1410. The minimum atomic E-state index is -0.118. The van der Waals surface area contributed by atoms with Gasteiger partial charge in [-0.2, -0.15) is 0 Å². The third-order valence-electron chi connectivity index (χ3n) is 7.42. The standard InChI is InChI=1S/C31H35N3O4S/c1-7-34-26-17-27(37-6)21(15-25(26)20(2)18-31(34,3)4)16-28-29(35)33(19-24-9-8-14-38-24)30(39-28)32-22-10-12-23(36-5)13-11-22/h8-17,20H,7,18-19H2,1-6H3/b28-16+,32-30?.